The molecule has 0 N–H and O–H groups in total. The Morgan fingerprint density at radius 3 is 2.52 bits per heavy atom. The highest BCUT2D eigenvalue weighted by atomic mass is 16.5. The van der Waals surface area contributed by atoms with Crippen LogP contribution in [0, 0.1) is 12.8 Å². The van der Waals surface area contributed by atoms with Crippen LogP contribution in [0.15, 0.2) is 12.1 Å². The lowest BCUT2D eigenvalue weighted by atomic mass is 9.83. The standard InChI is InChI=1S/C19H27N3O3/c1-13-10-15(18(24)25-4)11-16(20-13)21-8-9-22(19(2,3)12-21)17(23)14-6-5-7-14/h10-11,14H,5-9,12H2,1-4H3. The van der Waals surface area contributed by atoms with Gasteiger partial charge in [0.1, 0.15) is 5.82 Å². The average molecular weight is 345 g/mol. The minimum Gasteiger partial charge on any atom is -0.465 e. The molecule has 6 heteroatoms. The van der Waals surface area contributed by atoms with Crippen LogP contribution in [0.1, 0.15) is 49.2 Å². The molecule has 0 radical (unpaired) electrons. The number of anilines is 1. The van der Waals surface area contributed by atoms with Crippen molar-refractivity contribution in [3.8, 4) is 0 Å². The third kappa shape index (κ3) is 3.48. The topological polar surface area (TPSA) is 62.7 Å². The van der Waals surface area contributed by atoms with Gasteiger partial charge in [-0.3, -0.25) is 4.79 Å². The molecule has 1 aromatic heterocycles. The van der Waals surface area contributed by atoms with Gasteiger partial charge in [0.15, 0.2) is 0 Å². The van der Waals surface area contributed by atoms with Crippen LogP contribution in [0.4, 0.5) is 5.82 Å². The van der Waals surface area contributed by atoms with Gasteiger partial charge in [-0.2, -0.15) is 0 Å². The number of amides is 1. The summed E-state index contributed by atoms with van der Waals surface area (Å²) in [6.07, 6.45) is 3.22. The largest absolute Gasteiger partial charge is 0.465 e. The Morgan fingerprint density at radius 1 is 1.24 bits per heavy atom. The van der Waals surface area contributed by atoms with Gasteiger partial charge in [-0.05, 0) is 45.7 Å². The zero-order valence-corrected chi connectivity index (χ0v) is 15.5. The highest BCUT2D eigenvalue weighted by Crippen LogP contribution is 2.33. The molecule has 2 heterocycles. The number of carbonyl (C=O) groups is 2. The van der Waals surface area contributed by atoms with Crippen LogP contribution in [0.2, 0.25) is 0 Å². The third-order valence-corrected chi connectivity index (χ3v) is 5.31. The van der Waals surface area contributed by atoms with Crippen LogP contribution in [-0.2, 0) is 9.53 Å². The number of esters is 1. The van der Waals surface area contributed by atoms with Crippen molar-refractivity contribution < 1.29 is 14.3 Å². The summed E-state index contributed by atoms with van der Waals surface area (Å²) in [7, 11) is 1.38. The Balaban J connectivity index is 1.78. The van der Waals surface area contributed by atoms with Gasteiger partial charge >= 0.3 is 5.97 Å². The van der Waals surface area contributed by atoms with Gasteiger partial charge in [0.05, 0.1) is 18.2 Å². The first-order valence-electron chi connectivity index (χ1n) is 8.95. The Kier molecular flexibility index (Phi) is 4.71. The molecule has 6 nitrogen and oxygen atoms in total. The molecule has 2 fully saturated rings. The van der Waals surface area contributed by atoms with E-state index >= 15 is 0 Å². The van der Waals surface area contributed by atoms with E-state index in [1.165, 1.54) is 13.5 Å². The summed E-state index contributed by atoms with van der Waals surface area (Å²) >= 11 is 0. The van der Waals surface area contributed by atoms with E-state index in [0.717, 1.165) is 30.9 Å². The molecule has 0 bridgehead atoms. The fourth-order valence-electron chi connectivity index (χ4n) is 3.68. The van der Waals surface area contributed by atoms with E-state index in [2.05, 4.69) is 23.7 Å². The molecule has 2 aliphatic rings. The van der Waals surface area contributed by atoms with Crippen molar-refractivity contribution in [2.24, 2.45) is 5.92 Å². The lowest BCUT2D eigenvalue weighted by Crippen LogP contribution is -2.62. The van der Waals surface area contributed by atoms with Gasteiger partial charge in [0.25, 0.3) is 0 Å². The summed E-state index contributed by atoms with van der Waals surface area (Å²) in [4.78, 5) is 33.3. The SMILES string of the molecule is COC(=O)c1cc(C)nc(N2CCN(C(=O)C3CCC3)C(C)(C)C2)c1. The lowest BCUT2D eigenvalue weighted by molar-refractivity contribution is -0.144. The summed E-state index contributed by atoms with van der Waals surface area (Å²) < 4.78 is 4.83. The van der Waals surface area contributed by atoms with Crippen LogP contribution in [0.25, 0.3) is 0 Å². The fourth-order valence-corrected chi connectivity index (χ4v) is 3.68. The Labute approximate surface area is 149 Å². The molecule has 0 atom stereocenters. The molecule has 1 saturated heterocycles. The van der Waals surface area contributed by atoms with Gasteiger partial charge in [-0.1, -0.05) is 6.42 Å². The van der Waals surface area contributed by atoms with E-state index in [4.69, 9.17) is 4.74 Å². The molecule has 0 unspecified atom stereocenters. The average Bonchev–Trinajstić information content (AvgIpc) is 2.50. The first-order chi connectivity index (χ1) is 11.8. The molecule has 1 amide bonds. The van der Waals surface area contributed by atoms with Crippen molar-refractivity contribution in [2.45, 2.75) is 45.6 Å². The smallest absolute Gasteiger partial charge is 0.338 e. The molecular weight excluding hydrogens is 318 g/mol. The number of aryl methyl sites for hydroxylation is 1. The molecule has 0 aromatic carbocycles. The lowest BCUT2D eigenvalue weighted by Gasteiger charge is -2.49. The molecule has 0 spiro atoms. The monoisotopic (exact) mass is 345 g/mol. The molecule has 1 aliphatic heterocycles. The summed E-state index contributed by atoms with van der Waals surface area (Å²) in [5.74, 6) is 0.922. The number of rotatable bonds is 3. The van der Waals surface area contributed by atoms with Crippen LogP contribution >= 0.6 is 0 Å². The van der Waals surface area contributed by atoms with E-state index in [1.807, 2.05) is 11.8 Å². The first-order valence-corrected chi connectivity index (χ1v) is 8.95. The van der Waals surface area contributed by atoms with E-state index < -0.39 is 0 Å². The van der Waals surface area contributed by atoms with E-state index in [9.17, 15) is 9.59 Å². The third-order valence-electron chi connectivity index (χ3n) is 5.31. The molecule has 1 saturated carbocycles. The van der Waals surface area contributed by atoms with Crippen LogP contribution in [0.3, 0.4) is 0 Å². The number of ether oxygens (including phenoxy) is 1. The maximum Gasteiger partial charge on any atom is 0.338 e. The fraction of sp³-hybridized carbons (Fsp3) is 0.632. The van der Waals surface area contributed by atoms with Gasteiger partial charge in [0.2, 0.25) is 5.91 Å². The number of pyridine rings is 1. The van der Waals surface area contributed by atoms with Gasteiger partial charge in [-0.15, -0.1) is 0 Å². The number of piperazine rings is 1. The van der Waals surface area contributed by atoms with Crippen molar-refractivity contribution >= 4 is 17.7 Å². The summed E-state index contributed by atoms with van der Waals surface area (Å²) in [5, 5.41) is 0. The zero-order chi connectivity index (χ0) is 18.2. The molecule has 3 rings (SSSR count). The highest BCUT2D eigenvalue weighted by molar-refractivity contribution is 5.90. The molecule has 25 heavy (non-hydrogen) atoms. The number of methoxy groups -OCH3 is 1. The van der Waals surface area contributed by atoms with Crippen LogP contribution in [-0.4, -0.2) is 54.0 Å². The predicted octanol–water partition coefficient (Wildman–Crippen LogP) is 2.40. The zero-order valence-electron chi connectivity index (χ0n) is 15.5. The second-order valence-electron chi connectivity index (χ2n) is 7.70. The van der Waals surface area contributed by atoms with Crippen molar-refractivity contribution in [2.75, 3.05) is 31.6 Å². The maximum absolute atomic E-state index is 12.7. The maximum atomic E-state index is 12.7. The second kappa shape index (κ2) is 6.65. The van der Waals surface area contributed by atoms with Crippen LogP contribution in [0.5, 0.6) is 0 Å². The van der Waals surface area contributed by atoms with Gasteiger partial charge in [0, 0.05) is 31.2 Å². The predicted molar refractivity (Wildman–Crippen MR) is 95.7 cm³/mol. The van der Waals surface area contributed by atoms with Crippen molar-refractivity contribution in [1.82, 2.24) is 9.88 Å². The molecule has 1 aliphatic carbocycles. The number of aromatic nitrogens is 1. The summed E-state index contributed by atoms with van der Waals surface area (Å²) in [6, 6.07) is 3.51. The van der Waals surface area contributed by atoms with Gasteiger partial charge < -0.3 is 14.5 Å². The molecular formula is C19H27N3O3. The number of hydrogen-bond acceptors (Lipinski definition) is 5. The Morgan fingerprint density at radius 2 is 1.96 bits per heavy atom. The van der Waals surface area contributed by atoms with Gasteiger partial charge in [-0.25, -0.2) is 9.78 Å². The normalized spacial score (nSPS) is 20.2. The number of hydrogen-bond donors (Lipinski definition) is 0. The molecule has 1 aromatic rings. The quantitative estimate of drug-likeness (QED) is 0.787. The Hall–Kier alpha value is -2.11. The summed E-state index contributed by atoms with van der Waals surface area (Å²) in [5.41, 5.74) is 1.03. The first kappa shape index (κ1) is 17.7. The highest BCUT2D eigenvalue weighted by Gasteiger charge is 2.41. The van der Waals surface area contributed by atoms with E-state index in [1.54, 1.807) is 12.1 Å². The van der Waals surface area contributed by atoms with Crippen molar-refractivity contribution in [3.63, 3.8) is 0 Å². The van der Waals surface area contributed by atoms with Crippen molar-refractivity contribution in [1.29, 1.82) is 0 Å². The minimum atomic E-state index is -0.357. The van der Waals surface area contributed by atoms with E-state index in [-0.39, 0.29) is 17.4 Å². The van der Waals surface area contributed by atoms with E-state index in [0.29, 0.717) is 24.6 Å². The summed E-state index contributed by atoms with van der Waals surface area (Å²) in [6.45, 7) is 8.18. The Bertz CT molecular complexity index is 682. The van der Waals surface area contributed by atoms with Crippen LogP contribution < -0.4 is 4.90 Å². The molecule has 136 valence electrons. The van der Waals surface area contributed by atoms with Crippen molar-refractivity contribution in [3.05, 3.63) is 23.4 Å². The number of nitrogens with zero attached hydrogens (tertiary/aromatic N) is 3. The number of carbonyl (C=O) groups excluding carboxylic acids is 2. The minimum absolute atomic E-state index is 0.217. The second-order valence-corrected chi connectivity index (χ2v) is 7.70.